The Morgan fingerprint density at radius 2 is 1.90 bits per heavy atom. The van der Waals surface area contributed by atoms with Crippen LogP contribution >= 0.6 is 0 Å². The van der Waals surface area contributed by atoms with Crippen molar-refractivity contribution in [3.05, 3.63) is 71.6 Å². The number of aryl methyl sites for hydroxylation is 1. The van der Waals surface area contributed by atoms with Crippen LogP contribution in [0.4, 0.5) is 0 Å². The summed E-state index contributed by atoms with van der Waals surface area (Å²) in [4.78, 5) is 7.18. The van der Waals surface area contributed by atoms with E-state index in [0.717, 1.165) is 55.2 Å². The molecule has 1 aliphatic heterocycles. The number of likely N-dealkylation sites (tertiary alicyclic amines) is 1. The standard InChI is InChI=1S/C24H28N2O3/c1-18-22(25-24(29-18)21-12-6-7-13-23(21)27-2)16-26-14-8-11-20(15-26)28-17-19-9-4-3-5-10-19/h3-7,9-10,12-13,20H,8,11,14-17H2,1-2H3. The molecule has 1 aliphatic rings. The number of benzene rings is 2. The Hall–Kier alpha value is -2.63. The number of hydrogen-bond acceptors (Lipinski definition) is 5. The van der Waals surface area contributed by atoms with Crippen molar-refractivity contribution in [1.82, 2.24) is 9.88 Å². The minimum absolute atomic E-state index is 0.254. The van der Waals surface area contributed by atoms with E-state index in [4.69, 9.17) is 18.9 Å². The fraction of sp³-hybridized carbons (Fsp3) is 0.375. The summed E-state index contributed by atoms with van der Waals surface area (Å²) in [7, 11) is 1.67. The Bertz CT molecular complexity index is 923. The first-order valence-corrected chi connectivity index (χ1v) is 10.2. The molecule has 1 unspecified atom stereocenters. The number of para-hydroxylation sites is 1. The van der Waals surface area contributed by atoms with Gasteiger partial charge in [-0.15, -0.1) is 0 Å². The van der Waals surface area contributed by atoms with Crippen LogP contribution in [0.2, 0.25) is 0 Å². The van der Waals surface area contributed by atoms with E-state index < -0.39 is 0 Å². The van der Waals surface area contributed by atoms with Gasteiger partial charge in [-0.1, -0.05) is 42.5 Å². The minimum Gasteiger partial charge on any atom is -0.496 e. The number of aromatic nitrogens is 1. The Balaban J connectivity index is 1.39. The average molecular weight is 392 g/mol. The summed E-state index contributed by atoms with van der Waals surface area (Å²) in [6.45, 7) is 5.40. The molecule has 0 amide bonds. The summed E-state index contributed by atoms with van der Waals surface area (Å²) in [5.41, 5.74) is 3.08. The zero-order valence-electron chi connectivity index (χ0n) is 17.1. The molecule has 29 heavy (non-hydrogen) atoms. The highest BCUT2D eigenvalue weighted by Gasteiger charge is 2.23. The lowest BCUT2D eigenvalue weighted by Crippen LogP contribution is -2.39. The Morgan fingerprint density at radius 1 is 1.10 bits per heavy atom. The van der Waals surface area contributed by atoms with Crippen LogP contribution in [0.5, 0.6) is 5.75 Å². The first kappa shape index (κ1) is 19.7. The lowest BCUT2D eigenvalue weighted by atomic mass is 10.1. The van der Waals surface area contributed by atoms with Gasteiger partial charge in [-0.25, -0.2) is 4.98 Å². The highest BCUT2D eigenvalue weighted by Crippen LogP contribution is 2.30. The summed E-state index contributed by atoms with van der Waals surface area (Å²) in [5, 5.41) is 0. The van der Waals surface area contributed by atoms with Crippen molar-refractivity contribution in [3.63, 3.8) is 0 Å². The quantitative estimate of drug-likeness (QED) is 0.576. The molecule has 1 atom stereocenters. The van der Waals surface area contributed by atoms with E-state index in [-0.39, 0.29) is 6.10 Å². The maximum absolute atomic E-state index is 6.17. The van der Waals surface area contributed by atoms with Crippen LogP contribution in [0, 0.1) is 6.92 Å². The van der Waals surface area contributed by atoms with Gasteiger partial charge in [0.25, 0.3) is 0 Å². The monoisotopic (exact) mass is 392 g/mol. The molecule has 0 aliphatic carbocycles. The fourth-order valence-electron chi connectivity index (χ4n) is 3.80. The van der Waals surface area contributed by atoms with Gasteiger partial charge in [-0.05, 0) is 44.0 Å². The number of hydrogen-bond donors (Lipinski definition) is 0. The van der Waals surface area contributed by atoms with E-state index in [1.54, 1.807) is 7.11 Å². The van der Waals surface area contributed by atoms with Crippen molar-refractivity contribution >= 4 is 0 Å². The van der Waals surface area contributed by atoms with Gasteiger partial charge in [0.15, 0.2) is 0 Å². The predicted octanol–water partition coefficient (Wildman–Crippen LogP) is 4.84. The number of methoxy groups -OCH3 is 1. The average Bonchev–Trinajstić information content (AvgIpc) is 3.13. The molecular formula is C24H28N2O3. The first-order valence-electron chi connectivity index (χ1n) is 10.2. The molecule has 2 aromatic carbocycles. The smallest absolute Gasteiger partial charge is 0.230 e. The number of oxazole rings is 1. The summed E-state index contributed by atoms with van der Waals surface area (Å²) in [5.74, 6) is 2.25. The van der Waals surface area contributed by atoms with E-state index in [1.807, 2.05) is 37.3 Å². The van der Waals surface area contributed by atoms with Crippen molar-refractivity contribution in [3.8, 4) is 17.2 Å². The Labute approximate surface area is 172 Å². The van der Waals surface area contributed by atoms with Crippen molar-refractivity contribution in [1.29, 1.82) is 0 Å². The van der Waals surface area contributed by atoms with Gasteiger partial charge in [0.05, 0.1) is 31.1 Å². The molecular weight excluding hydrogens is 364 g/mol. The molecule has 0 bridgehead atoms. The summed E-state index contributed by atoms with van der Waals surface area (Å²) in [6.07, 6.45) is 2.49. The zero-order valence-corrected chi connectivity index (χ0v) is 17.1. The highest BCUT2D eigenvalue weighted by atomic mass is 16.5. The van der Waals surface area contributed by atoms with Crippen molar-refractivity contribution < 1.29 is 13.9 Å². The second kappa shape index (κ2) is 9.25. The molecule has 3 aromatic rings. The van der Waals surface area contributed by atoms with Crippen molar-refractivity contribution in [2.75, 3.05) is 20.2 Å². The molecule has 0 radical (unpaired) electrons. The van der Waals surface area contributed by atoms with Gasteiger partial charge in [-0.2, -0.15) is 0 Å². The molecule has 0 N–H and O–H groups in total. The zero-order chi connectivity index (χ0) is 20.1. The van der Waals surface area contributed by atoms with Gasteiger partial charge in [0, 0.05) is 13.1 Å². The molecule has 2 heterocycles. The SMILES string of the molecule is COc1ccccc1-c1nc(CN2CCCC(OCc3ccccc3)C2)c(C)o1. The Kier molecular flexibility index (Phi) is 6.27. The normalized spacial score (nSPS) is 17.4. The number of rotatable bonds is 7. The second-order valence-electron chi connectivity index (χ2n) is 7.52. The number of nitrogens with zero attached hydrogens (tertiary/aromatic N) is 2. The molecule has 1 aromatic heterocycles. The Morgan fingerprint density at radius 3 is 2.72 bits per heavy atom. The molecule has 0 saturated carbocycles. The third-order valence-electron chi connectivity index (χ3n) is 5.39. The molecule has 1 saturated heterocycles. The number of piperidine rings is 1. The molecule has 0 spiro atoms. The lowest BCUT2D eigenvalue weighted by molar-refractivity contribution is -0.0123. The van der Waals surface area contributed by atoms with Crippen molar-refractivity contribution in [2.45, 2.75) is 39.0 Å². The second-order valence-corrected chi connectivity index (χ2v) is 7.52. The van der Waals surface area contributed by atoms with Crippen LogP contribution in [-0.2, 0) is 17.9 Å². The number of ether oxygens (including phenoxy) is 2. The van der Waals surface area contributed by atoms with Crippen LogP contribution in [-0.4, -0.2) is 36.2 Å². The van der Waals surface area contributed by atoms with E-state index in [1.165, 1.54) is 5.56 Å². The van der Waals surface area contributed by atoms with Crippen LogP contribution in [0.3, 0.4) is 0 Å². The van der Waals surface area contributed by atoms with Crippen LogP contribution < -0.4 is 4.74 Å². The van der Waals surface area contributed by atoms with Gasteiger partial charge >= 0.3 is 0 Å². The van der Waals surface area contributed by atoms with Gasteiger partial charge in [-0.3, -0.25) is 4.90 Å². The molecule has 5 nitrogen and oxygen atoms in total. The van der Waals surface area contributed by atoms with Crippen molar-refractivity contribution in [2.24, 2.45) is 0 Å². The van der Waals surface area contributed by atoms with E-state index in [2.05, 4.69) is 29.2 Å². The molecule has 5 heteroatoms. The van der Waals surface area contributed by atoms with Crippen LogP contribution in [0.15, 0.2) is 59.0 Å². The highest BCUT2D eigenvalue weighted by molar-refractivity contribution is 5.62. The topological polar surface area (TPSA) is 47.7 Å². The maximum Gasteiger partial charge on any atom is 0.230 e. The fourth-order valence-corrected chi connectivity index (χ4v) is 3.80. The third-order valence-corrected chi connectivity index (χ3v) is 5.39. The lowest BCUT2D eigenvalue weighted by Gasteiger charge is -2.32. The maximum atomic E-state index is 6.17. The van der Waals surface area contributed by atoms with Crippen LogP contribution in [0.25, 0.3) is 11.5 Å². The summed E-state index contributed by atoms with van der Waals surface area (Å²) >= 11 is 0. The largest absolute Gasteiger partial charge is 0.496 e. The minimum atomic E-state index is 0.254. The van der Waals surface area contributed by atoms with Gasteiger partial charge in [0.2, 0.25) is 5.89 Å². The molecule has 152 valence electrons. The predicted molar refractivity (Wildman–Crippen MR) is 113 cm³/mol. The molecule has 4 rings (SSSR count). The van der Waals surface area contributed by atoms with Gasteiger partial charge in [0.1, 0.15) is 11.5 Å². The van der Waals surface area contributed by atoms with E-state index >= 15 is 0 Å². The third kappa shape index (κ3) is 4.86. The van der Waals surface area contributed by atoms with E-state index in [0.29, 0.717) is 12.5 Å². The summed E-state index contributed by atoms with van der Waals surface area (Å²) < 4.78 is 17.6. The van der Waals surface area contributed by atoms with Gasteiger partial charge < -0.3 is 13.9 Å². The molecule has 1 fully saturated rings. The summed E-state index contributed by atoms with van der Waals surface area (Å²) in [6, 6.07) is 18.2. The van der Waals surface area contributed by atoms with Crippen LogP contribution in [0.1, 0.15) is 29.9 Å². The van der Waals surface area contributed by atoms with E-state index in [9.17, 15) is 0 Å². The first-order chi connectivity index (χ1) is 14.2.